The highest BCUT2D eigenvalue weighted by atomic mass is 32.1. The van der Waals surface area contributed by atoms with Gasteiger partial charge in [-0.3, -0.25) is 4.79 Å². The van der Waals surface area contributed by atoms with Crippen molar-refractivity contribution in [2.45, 2.75) is 12.8 Å². The van der Waals surface area contributed by atoms with Crippen LogP contribution in [0.5, 0.6) is 17.2 Å². The summed E-state index contributed by atoms with van der Waals surface area (Å²) in [5, 5.41) is 0. The number of ether oxygens (including phenoxy) is 3. The lowest BCUT2D eigenvalue weighted by Gasteiger charge is -2.16. The maximum Gasteiger partial charge on any atom is 0.279 e. The van der Waals surface area contributed by atoms with Gasteiger partial charge in [0.15, 0.2) is 16.3 Å². The number of amides is 1. The smallest absolute Gasteiger partial charge is 0.279 e. The molecule has 7 heteroatoms. The van der Waals surface area contributed by atoms with Crippen molar-refractivity contribution in [2.24, 2.45) is 12.0 Å². The van der Waals surface area contributed by atoms with Crippen molar-refractivity contribution in [2.75, 3.05) is 21.3 Å². The third-order valence-electron chi connectivity index (χ3n) is 5.10. The van der Waals surface area contributed by atoms with E-state index in [4.69, 9.17) is 14.2 Å². The summed E-state index contributed by atoms with van der Waals surface area (Å²) in [5.41, 5.74) is 4.07. The molecule has 29 heavy (non-hydrogen) atoms. The van der Waals surface area contributed by atoms with Crippen molar-refractivity contribution in [3.63, 3.8) is 0 Å². The first kappa shape index (κ1) is 19.3. The number of fused-ring (bicyclic) bond motifs is 3. The molecule has 0 N–H and O–H groups in total. The molecule has 0 aliphatic heterocycles. The number of hydrogen-bond acceptors (Lipinski definition) is 5. The first-order chi connectivity index (χ1) is 14.1. The van der Waals surface area contributed by atoms with Crippen molar-refractivity contribution in [3.8, 4) is 28.5 Å². The molecule has 0 bridgehead atoms. The number of aryl methyl sites for hydroxylation is 2. The standard InChI is InChI=1S/C22H22N2O4S/c1-24-19-15-8-6-5-7-13(15)9-10-18(19)29-22(24)23-21(25)14-11-16(26-2)20(28-4)17(12-14)27-3/h5-8,11-12H,9-10H2,1-4H3. The number of aromatic nitrogens is 1. The lowest BCUT2D eigenvalue weighted by Crippen LogP contribution is -2.15. The van der Waals surface area contributed by atoms with E-state index in [9.17, 15) is 4.79 Å². The second-order valence-electron chi connectivity index (χ2n) is 6.70. The number of benzene rings is 2. The minimum Gasteiger partial charge on any atom is -0.493 e. The molecule has 1 aliphatic rings. The van der Waals surface area contributed by atoms with Crippen LogP contribution in [0.25, 0.3) is 11.3 Å². The Morgan fingerprint density at radius 1 is 1.03 bits per heavy atom. The fourth-order valence-electron chi connectivity index (χ4n) is 3.68. The molecule has 1 amide bonds. The molecule has 1 heterocycles. The van der Waals surface area contributed by atoms with Gasteiger partial charge in [0.2, 0.25) is 5.75 Å². The van der Waals surface area contributed by atoms with Gasteiger partial charge in [-0.25, -0.2) is 0 Å². The van der Waals surface area contributed by atoms with E-state index in [2.05, 4.69) is 23.2 Å². The maximum absolute atomic E-state index is 12.9. The second-order valence-corrected chi connectivity index (χ2v) is 7.77. The van der Waals surface area contributed by atoms with Gasteiger partial charge in [-0.05, 0) is 30.5 Å². The summed E-state index contributed by atoms with van der Waals surface area (Å²) >= 11 is 1.56. The van der Waals surface area contributed by atoms with Gasteiger partial charge in [-0.15, -0.1) is 11.3 Å². The Morgan fingerprint density at radius 3 is 2.38 bits per heavy atom. The molecule has 0 atom stereocenters. The number of thiazole rings is 1. The van der Waals surface area contributed by atoms with Gasteiger partial charge in [0.25, 0.3) is 5.91 Å². The van der Waals surface area contributed by atoms with Crippen molar-refractivity contribution < 1.29 is 19.0 Å². The third kappa shape index (κ3) is 3.31. The average molecular weight is 410 g/mol. The predicted octanol–water partition coefficient (Wildman–Crippen LogP) is 3.62. The summed E-state index contributed by atoms with van der Waals surface area (Å²) in [5.74, 6) is 0.940. The Labute approximate surface area is 173 Å². The quantitative estimate of drug-likeness (QED) is 0.659. The molecule has 6 nitrogen and oxygen atoms in total. The average Bonchev–Trinajstić information content (AvgIpc) is 3.08. The highest BCUT2D eigenvalue weighted by Gasteiger charge is 2.22. The molecule has 150 valence electrons. The summed E-state index contributed by atoms with van der Waals surface area (Å²) < 4.78 is 18.0. The van der Waals surface area contributed by atoms with E-state index in [0.29, 0.717) is 27.6 Å². The van der Waals surface area contributed by atoms with E-state index in [0.717, 1.165) is 18.5 Å². The van der Waals surface area contributed by atoms with Crippen LogP contribution in [0.15, 0.2) is 41.4 Å². The van der Waals surface area contributed by atoms with E-state index < -0.39 is 0 Å². The highest BCUT2D eigenvalue weighted by molar-refractivity contribution is 7.09. The first-order valence-electron chi connectivity index (χ1n) is 9.23. The van der Waals surface area contributed by atoms with Crippen LogP contribution in [-0.2, 0) is 19.9 Å². The molecule has 0 fully saturated rings. The van der Waals surface area contributed by atoms with Crippen LogP contribution in [0.4, 0.5) is 0 Å². The molecule has 1 aliphatic carbocycles. The molecule has 4 rings (SSSR count). The highest BCUT2D eigenvalue weighted by Crippen LogP contribution is 2.38. The van der Waals surface area contributed by atoms with E-state index in [1.54, 1.807) is 23.5 Å². The largest absolute Gasteiger partial charge is 0.493 e. The Morgan fingerprint density at radius 2 is 1.72 bits per heavy atom. The molecule has 0 unspecified atom stereocenters. The number of hydrogen-bond donors (Lipinski definition) is 0. The molecular weight excluding hydrogens is 388 g/mol. The number of carbonyl (C=O) groups excluding carboxylic acids is 1. The molecule has 0 saturated heterocycles. The Bertz CT molecular complexity index is 1130. The van der Waals surface area contributed by atoms with Gasteiger partial charge in [0.05, 0.1) is 27.0 Å². The monoisotopic (exact) mass is 410 g/mol. The Kier molecular flexibility index (Phi) is 5.15. The topological polar surface area (TPSA) is 62.0 Å². The number of carbonyl (C=O) groups is 1. The number of rotatable bonds is 4. The van der Waals surface area contributed by atoms with Crippen molar-refractivity contribution in [1.29, 1.82) is 0 Å². The van der Waals surface area contributed by atoms with Crippen molar-refractivity contribution in [3.05, 3.63) is 57.2 Å². The van der Waals surface area contributed by atoms with Crippen molar-refractivity contribution >= 4 is 17.2 Å². The van der Waals surface area contributed by atoms with Gasteiger partial charge in [0.1, 0.15) is 0 Å². The normalized spacial score (nSPS) is 12.9. The predicted molar refractivity (Wildman–Crippen MR) is 112 cm³/mol. The number of methoxy groups -OCH3 is 3. The fourth-order valence-corrected chi connectivity index (χ4v) is 4.81. The van der Waals surface area contributed by atoms with Crippen LogP contribution in [0.1, 0.15) is 20.8 Å². The third-order valence-corrected chi connectivity index (χ3v) is 6.30. The van der Waals surface area contributed by atoms with Crippen LogP contribution >= 0.6 is 11.3 Å². The van der Waals surface area contributed by atoms with Crippen LogP contribution in [0.3, 0.4) is 0 Å². The lowest BCUT2D eigenvalue weighted by molar-refractivity contribution is 0.0997. The van der Waals surface area contributed by atoms with E-state index >= 15 is 0 Å². The Hall–Kier alpha value is -3.06. The summed E-state index contributed by atoms with van der Waals surface area (Å²) in [6.07, 6.45) is 1.96. The van der Waals surface area contributed by atoms with Crippen LogP contribution in [0, 0.1) is 0 Å². The number of nitrogens with zero attached hydrogens (tertiary/aromatic N) is 2. The van der Waals surface area contributed by atoms with Crippen molar-refractivity contribution in [1.82, 2.24) is 4.57 Å². The van der Waals surface area contributed by atoms with Crippen LogP contribution in [0.2, 0.25) is 0 Å². The molecule has 2 aromatic carbocycles. The van der Waals surface area contributed by atoms with Gasteiger partial charge < -0.3 is 18.8 Å². The zero-order chi connectivity index (χ0) is 20.5. The SMILES string of the molecule is COc1cc(C(=O)N=c2sc3c(n2C)-c2ccccc2CC3)cc(OC)c1OC. The van der Waals surface area contributed by atoms with Gasteiger partial charge in [0, 0.05) is 23.1 Å². The molecular formula is C22H22N2O4S. The van der Waals surface area contributed by atoms with Crippen LogP contribution < -0.4 is 19.0 Å². The van der Waals surface area contributed by atoms with Crippen LogP contribution in [-0.4, -0.2) is 31.8 Å². The second kappa shape index (κ2) is 7.75. The molecule has 0 spiro atoms. The maximum atomic E-state index is 12.9. The minimum absolute atomic E-state index is 0.355. The zero-order valence-corrected chi connectivity index (χ0v) is 17.6. The molecule has 3 aromatic rings. The minimum atomic E-state index is -0.355. The van der Waals surface area contributed by atoms with E-state index in [1.165, 1.54) is 37.3 Å². The molecule has 0 saturated carbocycles. The first-order valence-corrected chi connectivity index (χ1v) is 10.0. The summed E-state index contributed by atoms with van der Waals surface area (Å²) in [6.45, 7) is 0. The molecule has 0 radical (unpaired) electrons. The summed E-state index contributed by atoms with van der Waals surface area (Å²) in [7, 11) is 6.53. The van der Waals surface area contributed by atoms with E-state index in [1.807, 2.05) is 17.7 Å². The van der Waals surface area contributed by atoms with Gasteiger partial charge in [-0.2, -0.15) is 4.99 Å². The molecule has 1 aromatic heterocycles. The summed E-state index contributed by atoms with van der Waals surface area (Å²) in [6, 6.07) is 11.6. The fraction of sp³-hybridized carbons (Fsp3) is 0.273. The summed E-state index contributed by atoms with van der Waals surface area (Å²) in [4.78, 5) is 19.3. The van der Waals surface area contributed by atoms with Gasteiger partial charge >= 0.3 is 0 Å². The zero-order valence-electron chi connectivity index (χ0n) is 16.8. The lowest BCUT2D eigenvalue weighted by atomic mass is 9.93. The van der Waals surface area contributed by atoms with Gasteiger partial charge in [-0.1, -0.05) is 24.3 Å². The Balaban J connectivity index is 1.79. The van der Waals surface area contributed by atoms with E-state index in [-0.39, 0.29) is 5.91 Å².